The van der Waals surface area contributed by atoms with Crippen molar-refractivity contribution in [2.75, 3.05) is 18.0 Å². The molecule has 0 spiro atoms. The van der Waals surface area contributed by atoms with Crippen molar-refractivity contribution in [1.82, 2.24) is 19.8 Å². The number of nitrogens with zero attached hydrogens (tertiary/aromatic N) is 6. The highest BCUT2D eigenvalue weighted by molar-refractivity contribution is 6.33. The quantitative estimate of drug-likeness (QED) is 0.337. The summed E-state index contributed by atoms with van der Waals surface area (Å²) < 4.78 is 21.8. The maximum Gasteiger partial charge on any atom is 0.246 e. The van der Waals surface area contributed by atoms with Gasteiger partial charge in [0.25, 0.3) is 0 Å². The Morgan fingerprint density at radius 3 is 2.60 bits per heavy atom. The number of fused-ring (bicyclic) bond motifs is 5. The number of carbonyl (C=O) groups excluding carboxylic acids is 1. The fraction of sp³-hybridized carbons (Fsp3) is 0.312. The Bertz CT molecular complexity index is 1650. The van der Waals surface area contributed by atoms with Crippen molar-refractivity contribution < 1.29 is 13.9 Å². The number of pyridine rings is 2. The second-order valence-corrected chi connectivity index (χ2v) is 11.3. The number of hydrogen-bond donors (Lipinski definition) is 0. The molecule has 1 saturated heterocycles. The average molecular weight is 587 g/mol. The summed E-state index contributed by atoms with van der Waals surface area (Å²) in [6, 6.07) is 8.38. The van der Waals surface area contributed by atoms with E-state index in [1.54, 1.807) is 35.4 Å². The van der Waals surface area contributed by atoms with Gasteiger partial charge in [0.2, 0.25) is 12.3 Å². The number of aromatic nitrogens is 2. The van der Waals surface area contributed by atoms with Crippen molar-refractivity contribution in [2.45, 2.75) is 52.2 Å². The molecule has 6 rings (SSSR count). The topological polar surface area (TPSA) is 74.2 Å². The van der Waals surface area contributed by atoms with Gasteiger partial charge in [-0.1, -0.05) is 43.0 Å². The highest BCUT2D eigenvalue weighted by atomic mass is 35.5. The second-order valence-electron chi connectivity index (χ2n) is 10.9. The smallest absolute Gasteiger partial charge is 0.246 e. The number of halogens is 2. The summed E-state index contributed by atoms with van der Waals surface area (Å²) in [5, 5.41) is 0.281. The van der Waals surface area contributed by atoms with Gasteiger partial charge in [-0.3, -0.25) is 14.7 Å². The van der Waals surface area contributed by atoms with Gasteiger partial charge >= 0.3 is 0 Å². The second kappa shape index (κ2) is 10.6. The first-order chi connectivity index (χ1) is 20.1. The molecular weight excluding hydrogens is 555 g/mol. The zero-order valence-corrected chi connectivity index (χ0v) is 24.8. The Morgan fingerprint density at radius 1 is 1.17 bits per heavy atom. The van der Waals surface area contributed by atoms with Crippen molar-refractivity contribution in [3.05, 3.63) is 89.0 Å². The van der Waals surface area contributed by atoms with Crippen LogP contribution in [0.3, 0.4) is 0 Å². The van der Waals surface area contributed by atoms with Crippen LogP contribution in [-0.4, -0.2) is 63.0 Å². The van der Waals surface area contributed by atoms with E-state index >= 15 is 4.39 Å². The lowest BCUT2D eigenvalue weighted by molar-refractivity contribution is -0.129. The van der Waals surface area contributed by atoms with Crippen LogP contribution >= 0.6 is 11.6 Å². The van der Waals surface area contributed by atoms with Gasteiger partial charge in [0.1, 0.15) is 23.6 Å². The normalized spacial score (nSPS) is 23.0. The Balaban J connectivity index is 1.58. The van der Waals surface area contributed by atoms with E-state index in [0.29, 0.717) is 41.6 Å². The molecule has 8 nitrogen and oxygen atoms in total. The van der Waals surface area contributed by atoms with Crippen LogP contribution in [-0.2, 0) is 9.53 Å². The number of piperazine rings is 1. The zero-order chi connectivity index (χ0) is 29.9. The third-order valence-electron chi connectivity index (χ3n) is 8.14. The molecule has 2 aromatic heterocycles. The monoisotopic (exact) mass is 586 g/mol. The van der Waals surface area contributed by atoms with E-state index in [4.69, 9.17) is 26.3 Å². The fourth-order valence-corrected chi connectivity index (χ4v) is 6.54. The number of benzene rings is 1. The highest BCUT2D eigenvalue weighted by Gasteiger charge is 2.44. The summed E-state index contributed by atoms with van der Waals surface area (Å²) in [7, 11) is 0. The van der Waals surface area contributed by atoms with Gasteiger partial charge in [0.15, 0.2) is 0 Å². The summed E-state index contributed by atoms with van der Waals surface area (Å²) in [6.45, 7) is 16.6. The largest absolute Gasteiger partial charge is 0.347 e. The van der Waals surface area contributed by atoms with Crippen LogP contribution in [0, 0.1) is 12.7 Å². The minimum absolute atomic E-state index is 0.0788. The molecule has 10 heteroatoms. The molecule has 3 aliphatic rings. The Hall–Kier alpha value is -4.08. The van der Waals surface area contributed by atoms with Crippen LogP contribution in [0.2, 0.25) is 5.02 Å². The lowest BCUT2D eigenvalue weighted by Gasteiger charge is -2.49. The lowest BCUT2D eigenvalue weighted by atomic mass is 9.99. The van der Waals surface area contributed by atoms with Crippen LogP contribution in [0.5, 0.6) is 0 Å². The Labute approximate surface area is 249 Å². The number of carbonyl (C=O) groups is 1. The lowest BCUT2D eigenvalue weighted by Crippen LogP contribution is -2.61. The third-order valence-corrected chi connectivity index (χ3v) is 8.43. The number of aliphatic imine (C=N–C) groups is 1. The number of hydrogen-bond acceptors (Lipinski definition) is 7. The van der Waals surface area contributed by atoms with E-state index in [-0.39, 0.29) is 34.7 Å². The molecule has 2 unspecified atom stereocenters. The molecule has 1 amide bonds. The molecule has 216 valence electrons. The van der Waals surface area contributed by atoms with Crippen molar-refractivity contribution in [1.29, 1.82) is 0 Å². The van der Waals surface area contributed by atoms with Gasteiger partial charge < -0.3 is 14.5 Å². The number of amidine groups is 1. The van der Waals surface area contributed by atoms with E-state index < -0.39 is 12.2 Å². The standard InChI is InChI=1S/C32H32ClFN6O2/c1-7-21-10-9-11-24(34)26(21)28-23(33)14-22-30(36-28)40-29-17(3)12-13-35-27(29)20(6)42-32(40)37-31(22)39-18(4)15-38(16-19(39)5)25(41)8-2/h7-14,18-20,32H,1-2,15-16H2,3-6H3/t18-,19-,20?,32?/m0/s1. The van der Waals surface area contributed by atoms with Crippen LogP contribution in [0.1, 0.15) is 49.3 Å². The van der Waals surface area contributed by atoms with E-state index in [1.165, 1.54) is 12.1 Å². The number of amides is 1. The predicted molar refractivity (Wildman–Crippen MR) is 163 cm³/mol. The van der Waals surface area contributed by atoms with Gasteiger partial charge in [0.05, 0.1) is 27.7 Å². The molecule has 0 radical (unpaired) electrons. The summed E-state index contributed by atoms with van der Waals surface area (Å²) >= 11 is 6.92. The molecule has 5 heterocycles. The van der Waals surface area contributed by atoms with Gasteiger partial charge in [-0.05, 0) is 63.1 Å². The molecule has 1 fully saturated rings. The molecule has 1 aromatic carbocycles. The third kappa shape index (κ3) is 4.39. The summed E-state index contributed by atoms with van der Waals surface area (Å²) in [5.41, 5.74) is 4.44. The van der Waals surface area contributed by atoms with Crippen LogP contribution < -0.4 is 4.90 Å². The first kappa shape index (κ1) is 28.1. The van der Waals surface area contributed by atoms with E-state index in [0.717, 1.165) is 16.9 Å². The van der Waals surface area contributed by atoms with Gasteiger partial charge in [-0.15, -0.1) is 0 Å². The van der Waals surface area contributed by atoms with Crippen LogP contribution in [0.25, 0.3) is 17.3 Å². The maximum atomic E-state index is 15.4. The van der Waals surface area contributed by atoms with Gasteiger partial charge in [0, 0.05) is 36.9 Å². The van der Waals surface area contributed by atoms with Crippen molar-refractivity contribution in [3.8, 4) is 11.3 Å². The summed E-state index contributed by atoms with van der Waals surface area (Å²) in [4.78, 5) is 33.2. The molecule has 0 bridgehead atoms. The van der Waals surface area contributed by atoms with E-state index in [1.807, 2.05) is 24.8 Å². The SMILES string of the molecule is C=CC(=O)N1C[C@H](C)N(C2=NC3OC(C)c4nccc(C)c4N3c3nc(-c4c(F)cccc4C=C)c(Cl)cc32)[C@@H](C)C1. The van der Waals surface area contributed by atoms with Gasteiger partial charge in [-0.2, -0.15) is 0 Å². The molecular formula is C32H32ClFN6O2. The zero-order valence-electron chi connectivity index (χ0n) is 24.0. The van der Waals surface area contributed by atoms with Crippen LogP contribution in [0.15, 0.2) is 60.8 Å². The van der Waals surface area contributed by atoms with E-state index in [9.17, 15) is 4.79 Å². The number of rotatable bonds is 3. The van der Waals surface area contributed by atoms with Crippen molar-refractivity contribution >= 4 is 40.9 Å². The van der Waals surface area contributed by atoms with Crippen molar-refractivity contribution in [3.63, 3.8) is 0 Å². The first-order valence-corrected chi connectivity index (χ1v) is 14.3. The number of aryl methyl sites for hydroxylation is 1. The number of ether oxygens (including phenoxy) is 1. The van der Waals surface area contributed by atoms with Gasteiger partial charge in [-0.25, -0.2) is 14.4 Å². The van der Waals surface area contributed by atoms with Crippen molar-refractivity contribution in [2.24, 2.45) is 4.99 Å². The van der Waals surface area contributed by atoms with E-state index in [2.05, 4.69) is 36.9 Å². The molecule has 4 atom stereocenters. The molecule has 0 saturated carbocycles. The highest BCUT2D eigenvalue weighted by Crippen LogP contribution is 2.47. The summed E-state index contributed by atoms with van der Waals surface area (Å²) in [5.74, 6) is 0.644. The fourth-order valence-electron chi connectivity index (χ4n) is 6.29. The minimum Gasteiger partial charge on any atom is -0.347 e. The Kier molecular flexibility index (Phi) is 7.11. The molecule has 42 heavy (non-hydrogen) atoms. The first-order valence-electron chi connectivity index (χ1n) is 13.9. The molecule has 0 N–H and O–H groups in total. The number of anilines is 2. The van der Waals surface area contributed by atoms with Crippen LogP contribution in [0.4, 0.5) is 15.9 Å². The minimum atomic E-state index is -0.744. The average Bonchev–Trinajstić information content (AvgIpc) is 2.96. The summed E-state index contributed by atoms with van der Waals surface area (Å²) in [6.07, 6.45) is 3.63. The maximum absolute atomic E-state index is 15.4. The molecule has 0 aliphatic carbocycles. The Morgan fingerprint density at radius 2 is 1.90 bits per heavy atom. The molecule has 3 aliphatic heterocycles. The molecule has 3 aromatic rings. The predicted octanol–water partition coefficient (Wildman–Crippen LogP) is 6.27.